The van der Waals surface area contributed by atoms with Crippen molar-refractivity contribution >= 4 is 5.69 Å². The van der Waals surface area contributed by atoms with Gasteiger partial charge in [-0.1, -0.05) is 26.0 Å². The fourth-order valence-electron chi connectivity index (χ4n) is 2.65. The lowest BCUT2D eigenvalue weighted by atomic mass is 9.75. The molecule has 1 heterocycles. The van der Waals surface area contributed by atoms with Crippen LogP contribution in [0.3, 0.4) is 0 Å². The number of nitrogen functional groups attached to an aromatic ring is 1. The van der Waals surface area contributed by atoms with Crippen LogP contribution in [0.4, 0.5) is 5.69 Å². The average Bonchev–Trinajstić information content (AvgIpc) is 2.35. The van der Waals surface area contributed by atoms with E-state index in [2.05, 4.69) is 18.7 Å². The topological polar surface area (TPSA) is 38.5 Å². The molecular weight excluding hydrogens is 224 g/mol. The lowest BCUT2D eigenvalue weighted by molar-refractivity contribution is -0.0128. The first-order valence-electron chi connectivity index (χ1n) is 6.89. The molecule has 0 aliphatic carbocycles. The second-order valence-electron chi connectivity index (χ2n) is 5.30. The van der Waals surface area contributed by atoms with Crippen molar-refractivity contribution in [1.29, 1.82) is 0 Å². The molecule has 1 aliphatic rings. The van der Waals surface area contributed by atoms with Crippen molar-refractivity contribution in [3.63, 3.8) is 0 Å². The number of benzene rings is 1. The summed E-state index contributed by atoms with van der Waals surface area (Å²) in [6.45, 7) is 8.74. The Hall–Kier alpha value is -1.22. The van der Waals surface area contributed by atoms with E-state index in [-0.39, 0.29) is 0 Å². The standard InChI is InChI=1S/C15H24N2O/c1-3-15(4-2)11-17(12-15)9-10-18-14-8-6-5-7-13(14)16/h5-8H,3-4,9-12,16H2,1-2H3. The Labute approximate surface area is 110 Å². The predicted octanol–water partition coefficient (Wildman–Crippen LogP) is 2.77. The molecule has 0 aromatic heterocycles. The van der Waals surface area contributed by atoms with Gasteiger partial charge in [0.25, 0.3) is 0 Å². The summed E-state index contributed by atoms with van der Waals surface area (Å²) in [5, 5.41) is 0. The Morgan fingerprint density at radius 2 is 1.89 bits per heavy atom. The smallest absolute Gasteiger partial charge is 0.142 e. The third-order valence-corrected chi connectivity index (χ3v) is 4.20. The minimum atomic E-state index is 0.575. The molecule has 0 bridgehead atoms. The SMILES string of the molecule is CCC1(CC)CN(CCOc2ccccc2N)C1. The fourth-order valence-corrected chi connectivity index (χ4v) is 2.65. The molecule has 1 aliphatic heterocycles. The van der Waals surface area contributed by atoms with Gasteiger partial charge < -0.3 is 10.5 Å². The van der Waals surface area contributed by atoms with Gasteiger partial charge in [-0.25, -0.2) is 0 Å². The first-order valence-corrected chi connectivity index (χ1v) is 6.89. The Morgan fingerprint density at radius 3 is 2.50 bits per heavy atom. The molecule has 18 heavy (non-hydrogen) atoms. The monoisotopic (exact) mass is 248 g/mol. The van der Waals surface area contributed by atoms with Crippen LogP contribution < -0.4 is 10.5 Å². The first-order chi connectivity index (χ1) is 8.69. The quantitative estimate of drug-likeness (QED) is 0.787. The molecule has 0 amide bonds. The molecule has 2 N–H and O–H groups in total. The predicted molar refractivity (Wildman–Crippen MR) is 75.8 cm³/mol. The Morgan fingerprint density at radius 1 is 1.22 bits per heavy atom. The van der Waals surface area contributed by atoms with Crippen LogP contribution in [0.25, 0.3) is 0 Å². The number of hydrogen-bond acceptors (Lipinski definition) is 3. The summed E-state index contributed by atoms with van der Waals surface area (Å²) in [6.07, 6.45) is 2.57. The van der Waals surface area contributed by atoms with Gasteiger partial charge in [-0.3, -0.25) is 4.90 Å². The van der Waals surface area contributed by atoms with Gasteiger partial charge in [-0.05, 0) is 30.4 Å². The number of para-hydroxylation sites is 2. The molecule has 1 fully saturated rings. The van der Waals surface area contributed by atoms with Crippen LogP contribution in [0.15, 0.2) is 24.3 Å². The highest BCUT2D eigenvalue weighted by Gasteiger charge is 2.39. The number of nitrogens with two attached hydrogens (primary N) is 1. The average molecular weight is 248 g/mol. The van der Waals surface area contributed by atoms with Crippen molar-refractivity contribution in [2.45, 2.75) is 26.7 Å². The zero-order valence-corrected chi connectivity index (χ0v) is 11.5. The van der Waals surface area contributed by atoms with E-state index in [4.69, 9.17) is 10.5 Å². The van der Waals surface area contributed by atoms with Crippen molar-refractivity contribution in [3.05, 3.63) is 24.3 Å². The van der Waals surface area contributed by atoms with Gasteiger partial charge >= 0.3 is 0 Å². The van der Waals surface area contributed by atoms with Crippen molar-refractivity contribution in [1.82, 2.24) is 4.90 Å². The third-order valence-electron chi connectivity index (χ3n) is 4.20. The summed E-state index contributed by atoms with van der Waals surface area (Å²) in [5.74, 6) is 0.801. The van der Waals surface area contributed by atoms with Crippen LogP contribution >= 0.6 is 0 Å². The van der Waals surface area contributed by atoms with E-state index >= 15 is 0 Å². The van der Waals surface area contributed by atoms with Gasteiger partial charge in [-0.15, -0.1) is 0 Å². The molecule has 100 valence electrons. The number of anilines is 1. The van der Waals surface area contributed by atoms with E-state index in [1.807, 2.05) is 24.3 Å². The Balaban J connectivity index is 1.71. The second kappa shape index (κ2) is 5.61. The van der Waals surface area contributed by atoms with E-state index in [9.17, 15) is 0 Å². The lowest BCUT2D eigenvalue weighted by Gasteiger charge is -2.49. The zero-order chi connectivity index (χ0) is 13.0. The zero-order valence-electron chi connectivity index (χ0n) is 11.5. The van der Waals surface area contributed by atoms with Crippen LogP contribution in [0.1, 0.15) is 26.7 Å². The van der Waals surface area contributed by atoms with Gasteiger partial charge in [0.05, 0.1) is 5.69 Å². The molecule has 0 radical (unpaired) electrons. The largest absolute Gasteiger partial charge is 0.490 e. The van der Waals surface area contributed by atoms with Crippen molar-refractivity contribution in [3.8, 4) is 5.75 Å². The molecule has 3 nitrogen and oxygen atoms in total. The van der Waals surface area contributed by atoms with Crippen molar-refractivity contribution < 1.29 is 4.74 Å². The molecule has 1 aromatic carbocycles. The van der Waals surface area contributed by atoms with Crippen LogP contribution in [-0.4, -0.2) is 31.1 Å². The number of ether oxygens (including phenoxy) is 1. The Bertz CT molecular complexity index is 380. The van der Waals surface area contributed by atoms with E-state index in [1.165, 1.54) is 25.9 Å². The van der Waals surface area contributed by atoms with E-state index < -0.39 is 0 Å². The lowest BCUT2D eigenvalue weighted by Crippen LogP contribution is -2.56. The summed E-state index contributed by atoms with van der Waals surface area (Å²) in [7, 11) is 0. The highest BCUT2D eigenvalue weighted by molar-refractivity contribution is 5.51. The summed E-state index contributed by atoms with van der Waals surface area (Å²) in [5.41, 5.74) is 7.13. The van der Waals surface area contributed by atoms with Crippen LogP contribution in [0, 0.1) is 5.41 Å². The minimum Gasteiger partial charge on any atom is -0.490 e. The van der Waals surface area contributed by atoms with Gasteiger partial charge in [0.2, 0.25) is 0 Å². The fraction of sp³-hybridized carbons (Fsp3) is 0.600. The van der Waals surface area contributed by atoms with E-state index in [0.29, 0.717) is 5.41 Å². The summed E-state index contributed by atoms with van der Waals surface area (Å²) in [6, 6.07) is 7.68. The van der Waals surface area contributed by atoms with E-state index in [1.54, 1.807) is 0 Å². The van der Waals surface area contributed by atoms with Crippen LogP contribution in [0.2, 0.25) is 0 Å². The molecule has 3 heteroatoms. The van der Waals surface area contributed by atoms with Gasteiger partial charge in [0, 0.05) is 19.6 Å². The van der Waals surface area contributed by atoms with Crippen molar-refractivity contribution in [2.75, 3.05) is 32.0 Å². The maximum Gasteiger partial charge on any atom is 0.142 e. The number of nitrogens with zero attached hydrogens (tertiary/aromatic N) is 1. The molecule has 1 saturated heterocycles. The molecule has 0 spiro atoms. The normalized spacial score (nSPS) is 18.3. The molecule has 0 unspecified atom stereocenters. The molecular formula is C15H24N2O. The summed E-state index contributed by atoms with van der Waals surface area (Å²) >= 11 is 0. The number of rotatable bonds is 6. The summed E-state index contributed by atoms with van der Waals surface area (Å²) in [4.78, 5) is 2.46. The molecule has 0 atom stereocenters. The maximum absolute atomic E-state index is 5.83. The van der Waals surface area contributed by atoms with Gasteiger partial charge in [0.15, 0.2) is 0 Å². The second-order valence-corrected chi connectivity index (χ2v) is 5.30. The molecule has 2 rings (SSSR count). The highest BCUT2D eigenvalue weighted by Crippen LogP contribution is 2.36. The van der Waals surface area contributed by atoms with Crippen molar-refractivity contribution in [2.24, 2.45) is 5.41 Å². The van der Waals surface area contributed by atoms with Crippen LogP contribution in [0.5, 0.6) is 5.75 Å². The maximum atomic E-state index is 5.83. The third kappa shape index (κ3) is 2.78. The molecule has 1 aromatic rings. The van der Waals surface area contributed by atoms with Crippen LogP contribution in [-0.2, 0) is 0 Å². The van der Waals surface area contributed by atoms with Gasteiger partial charge in [-0.2, -0.15) is 0 Å². The van der Waals surface area contributed by atoms with E-state index in [0.717, 1.165) is 24.6 Å². The molecule has 0 saturated carbocycles. The van der Waals surface area contributed by atoms with Gasteiger partial charge in [0.1, 0.15) is 12.4 Å². The minimum absolute atomic E-state index is 0.575. The summed E-state index contributed by atoms with van der Waals surface area (Å²) < 4.78 is 5.71. The Kier molecular flexibility index (Phi) is 4.12. The highest BCUT2D eigenvalue weighted by atomic mass is 16.5. The first kappa shape index (κ1) is 13.2. The number of hydrogen-bond donors (Lipinski definition) is 1. The number of likely N-dealkylation sites (tertiary alicyclic amines) is 1.